The van der Waals surface area contributed by atoms with E-state index in [1.807, 2.05) is 48.5 Å². The molecule has 0 N–H and O–H groups in total. The van der Waals surface area contributed by atoms with E-state index in [1.54, 1.807) is 0 Å². The fourth-order valence-electron chi connectivity index (χ4n) is 8.07. The van der Waals surface area contributed by atoms with Gasteiger partial charge in [-0.05, 0) is 82.9 Å². The van der Waals surface area contributed by atoms with Gasteiger partial charge in [0.1, 0.15) is 0 Å². The third kappa shape index (κ3) is 4.64. The highest BCUT2D eigenvalue weighted by molar-refractivity contribution is 7.86. The summed E-state index contributed by atoms with van der Waals surface area (Å²) in [5.74, 6) is 0. The number of fused-ring (bicyclic) bond motifs is 7. The maximum absolute atomic E-state index is 15.7. The van der Waals surface area contributed by atoms with Gasteiger partial charge in [-0.3, -0.25) is 0 Å². The number of aromatic nitrogens is 1. The van der Waals surface area contributed by atoms with Crippen LogP contribution < -0.4 is 20.8 Å². The van der Waals surface area contributed by atoms with E-state index in [4.69, 9.17) is 0 Å². The topological polar surface area (TPSA) is 25.2 Å². The van der Waals surface area contributed by atoms with Crippen molar-refractivity contribution in [1.29, 1.82) is 0 Å². The number of nitrogens with zero attached hydrogens (tertiary/aromatic N) is 2. The van der Waals surface area contributed by atoms with Crippen molar-refractivity contribution in [2.24, 2.45) is 0 Å². The first kappa shape index (κ1) is 30.4. The molecule has 0 saturated carbocycles. The normalized spacial score (nSPS) is 14.7. The summed E-state index contributed by atoms with van der Waals surface area (Å²) in [5, 5.41) is 4.92. The van der Waals surface area contributed by atoms with Crippen LogP contribution in [-0.4, -0.2) is 4.57 Å². The van der Waals surface area contributed by atoms with Crippen molar-refractivity contribution in [2.45, 2.75) is 0 Å². The van der Waals surface area contributed by atoms with Gasteiger partial charge < -0.3 is 14.0 Å². The van der Waals surface area contributed by atoms with Crippen LogP contribution >= 0.6 is 7.14 Å². The van der Waals surface area contributed by atoms with E-state index in [0.29, 0.717) is 0 Å². The predicted molar refractivity (Wildman–Crippen MR) is 219 cm³/mol. The van der Waals surface area contributed by atoms with E-state index >= 15 is 4.57 Å². The van der Waals surface area contributed by atoms with Crippen molar-refractivity contribution >= 4 is 61.9 Å². The first-order valence-electron chi connectivity index (χ1n) is 17.6. The minimum absolute atomic E-state index is 0.872. The number of anilines is 3. The van der Waals surface area contributed by atoms with E-state index < -0.39 is 7.14 Å². The highest BCUT2D eigenvalue weighted by atomic mass is 31.2. The Kier molecular flexibility index (Phi) is 7.09. The van der Waals surface area contributed by atoms with Crippen LogP contribution in [0.15, 0.2) is 200 Å². The summed E-state index contributed by atoms with van der Waals surface area (Å²) in [6.45, 7) is 0. The molecular formula is C48H33N2OP. The van der Waals surface area contributed by atoms with Gasteiger partial charge in [-0.15, -0.1) is 0 Å². The van der Waals surface area contributed by atoms with Crippen LogP contribution in [0.2, 0.25) is 0 Å². The lowest BCUT2D eigenvalue weighted by Gasteiger charge is -2.25. The van der Waals surface area contributed by atoms with Crippen LogP contribution in [-0.2, 0) is 4.57 Å². The molecule has 10 rings (SSSR count). The molecule has 1 unspecified atom stereocenters. The summed E-state index contributed by atoms with van der Waals surface area (Å²) in [7, 11) is -3.15. The van der Waals surface area contributed by atoms with Gasteiger partial charge in [0.05, 0.1) is 11.0 Å². The predicted octanol–water partition coefficient (Wildman–Crippen LogP) is 11.5. The molecule has 1 atom stereocenters. The minimum Gasteiger partial charge on any atom is -0.311 e. The van der Waals surface area contributed by atoms with Gasteiger partial charge in [0.25, 0.3) is 0 Å². The third-order valence-corrected chi connectivity index (χ3v) is 13.6. The van der Waals surface area contributed by atoms with Crippen molar-refractivity contribution in [1.82, 2.24) is 4.57 Å². The molecule has 0 radical (unpaired) electrons. The Morgan fingerprint density at radius 3 is 1.63 bits per heavy atom. The van der Waals surface area contributed by atoms with Crippen LogP contribution in [0, 0.1) is 0 Å². The SMILES string of the molecule is O=P1(c2ccccc2)c2ccccc2-c2ccc3c(c21)c1ccccc1n3-c1ccc(-c2ccc(N(c3ccccc3)c3ccccc3)cc2)cc1. The highest BCUT2D eigenvalue weighted by Gasteiger charge is 2.42. The van der Waals surface area contributed by atoms with Crippen molar-refractivity contribution in [3.05, 3.63) is 200 Å². The van der Waals surface area contributed by atoms with E-state index in [1.165, 1.54) is 0 Å². The Bertz CT molecular complexity index is 2750. The zero-order valence-corrected chi connectivity index (χ0v) is 29.2. The minimum atomic E-state index is -3.15. The second-order valence-corrected chi connectivity index (χ2v) is 15.9. The second kappa shape index (κ2) is 12.1. The van der Waals surface area contributed by atoms with Crippen molar-refractivity contribution in [3.63, 3.8) is 0 Å². The number of rotatable bonds is 6. The summed E-state index contributed by atoms with van der Waals surface area (Å²) in [6.07, 6.45) is 0. The van der Waals surface area contributed by atoms with Crippen LogP contribution in [0.1, 0.15) is 0 Å². The highest BCUT2D eigenvalue weighted by Crippen LogP contribution is 2.55. The average Bonchev–Trinajstić information content (AvgIpc) is 3.69. The number of benzene rings is 8. The molecule has 4 heteroatoms. The molecule has 0 fully saturated rings. The summed E-state index contributed by atoms with van der Waals surface area (Å²) < 4.78 is 18.0. The van der Waals surface area contributed by atoms with Crippen LogP contribution in [0.5, 0.6) is 0 Å². The van der Waals surface area contributed by atoms with Crippen molar-refractivity contribution in [3.8, 4) is 27.9 Å². The first-order chi connectivity index (χ1) is 25.7. The van der Waals surface area contributed by atoms with E-state index in [-0.39, 0.29) is 0 Å². The van der Waals surface area contributed by atoms with Crippen LogP contribution in [0.3, 0.4) is 0 Å². The molecule has 3 nitrogen and oxygen atoms in total. The zero-order valence-electron chi connectivity index (χ0n) is 28.3. The number of para-hydroxylation sites is 3. The van der Waals surface area contributed by atoms with Gasteiger partial charge in [0.15, 0.2) is 7.14 Å². The summed E-state index contributed by atoms with van der Waals surface area (Å²) >= 11 is 0. The molecule has 246 valence electrons. The lowest BCUT2D eigenvalue weighted by Crippen LogP contribution is -2.21. The largest absolute Gasteiger partial charge is 0.311 e. The number of hydrogen-bond acceptors (Lipinski definition) is 2. The van der Waals surface area contributed by atoms with Gasteiger partial charge in [0.2, 0.25) is 0 Å². The smallest absolute Gasteiger partial charge is 0.172 e. The molecular weight excluding hydrogens is 652 g/mol. The summed E-state index contributed by atoms with van der Waals surface area (Å²) in [6, 6.07) is 69.8. The molecule has 2 heterocycles. The molecule has 9 aromatic rings. The monoisotopic (exact) mass is 684 g/mol. The molecule has 8 aromatic carbocycles. The molecule has 1 aromatic heterocycles. The Morgan fingerprint density at radius 2 is 0.962 bits per heavy atom. The van der Waals surface area contributed by atoms with Gasteiger partial charge in [-0.2, -0.15) is 0 Å². The first-order valence-corrected chi connectivity index (χ1v) is 19.3. The molecule has 1 aliphatic rings. The Labute approximate surface area is 303 Å². The lowest BCUT2D eigenvalue weighted by atomic mass is 10.0. The fraction of sp³-hybridized carbons (Fsp3) is 0. The molecule has 0 bridgehead atoms. The number of hydrogen-bond donors (Lipinski definition) is 0. The second-order valence-electron chi connectivity index (χ2n) is 13.3. The fourth-order valence-corrected chi connectivity index (χ4v) is 11.4. The van der Waals surface area contributed by atoms with Gasteiger partial charge in [0, 0.05) is 49.4 Å². The lowest BCUT2D eigenvalue weighted by molar-refractivity contribution is 0.593. The van der Waals surface area contributed by atoms with Gasteiger partial charge in [-0.1, -0.05) is 140 Å². The quantitative estimate of drug-likeness (QED) is 0.163. The van der Waals surface area contributed by atoms with Gasteiger partial charge >= 0.3 is 0 Å². The Balaban J connectivity index is 1.08. The molecule has 0 spiro atoms. The zero-order chi connectivity index (χ0) is 34.6. The van der Waals surface area contributed by atoms with Crippen molar-refractivity contribution in [2.75, 3.05) is 4.90 Å². The van der Waals surface area contributed by atoms with E-state index in [0.717, 1.165) is 82.7 Å². The molecule has 0 aliphatic carbocycles. The Hall–Kier alpha value is -6.41. The Morgan fingerprint density at radius 1 is 0.423 bits per heavy atom. The van der Waals surface area contributed by atoms with Gasteiger partial charge in [-0.25, -0.2) is 0 Å². The molecule has 0 amide bonds. The average molecular weight is 685 g/mol. The summed E-state index contributed by atoms with van der Waals surface area (Å²) in [5.41, 5.74) is 11.0. The van der Waals surface area contributed by atoms with Crippen molar-refractivity contribution < 1.29 is 4.57 Å². The maximum atomic E-state index is 15.7. The van der Waals surface area contributed by atoms with E-state index in [9.17, 15) is 0 Å². The third-order valence-electron chi connectivity index (χ3n) is 10.4. The molecule has 52 heavy (non-hydrogen) atoms. The van der Waals surface area contributed by atoms with E-state index in [2.05, 4.69) is 161 Å². The standard InChI is InChI=1S/C48H33N2OP/c51-52(40-18-8-3-9-19-40)46-23-13-11-20-41(46)42-32-33-45-47(48(42)52)43-21-10-12-22-44(43)50(45)39-30-26-35(27-31-39)34-24-28-38(29-25-34)49(36-14-4-1-5-15-36)37-16-6-2-7-17-37/h1-33H. The molecule has 1 aliphatic heterocycles. The summed E-state index contributed by atoms with van der Waals surface area (Å²) in [4.78, 5) is 2.28. The maximum Gasteiger partial charge on any atom is 0.172 e. The van der Waals surface area contributed by atoms with Crippen LogP contribution in [0.25, 0.3) is 49.7 Å². The van der Waals surface area contributed by atoms with Crippen LogP contribution in [0.4, 0.5) is 17.1 Å². The molecule has 0 saturated heterocycles.